The second-order valence-corrected chi connectivity index (χ2v) is 4.27. The summed E-state index contributed by atoms with van der Waals surface area (Å²) in [6.07, 6.45) is 3.73. The van der Waals surface area contributed by atoms with E-state index >= 15 is 0 Å². The number of rotatable bonds is 4. The van der Waals surface area contributed by atoms with E-state index in [-0.39, 0.29) is 11.7 Å². The Balaban J connectivity index is 2.43. The Bertz CT molecular complexity index is 580. The summed E-state index contributed by atoms with van der Waals surface area (Å²) >= 11 is 0. The zero-order valence-corrected chi connectivity index (χ0v) is 10.9. The maximum absolute atomic E-state index is 13.9. The van der Waals surface area contributed by atoms with E-state index < -0.39 is 6.04 Å². The maximum atomic E-state index is 13.9. The molecule has 1 aromatic carbocycles. The lowest BCUT2D eigenvalue weighted by molar-refractivity contribution is -0.121. The van der Waals surface area contributed by atoms with Gasteiger partial charge in [-0.2, -0.15) is 0 Å². The highest BCUT2D eigenvalue weighted by molar-refractivity contribution is 5.76. The molecule has 5 heteroatoms. The fourth-order valence-electron chi connectivity index (χ4n) is 1.91. The topological polar surface area (TPSA) is 46.9 Å². The number of aromatic nitrogens is 2. The van der Waals surface area contributed by atoms with Crippen molar-refractivity contribution in [1.82, 2.24) is 14.9 Å². The highest BCUT2D eigenvalue weighted by Crippen LogP contribution is 2.23. The largest absolute Gasteiger partial charge is 0.342 e. The Morgan fingerprint density at radius 3 is 2.79 bits per heavy atom. The van der Waals surface area contributed by atoms with Gasteiger partial charge in [0.2, 0.25) is 5.91 Å². The van der Waals surface area contributed by atoms with Crippen LogP contribution >= 0.6 is 0 Å². The van der Waals surface area contributed by atoms with Crippen molar-refractivity contribution < 1.29 is 9.18 Å². The number of nitrogens with zero attached hydrogens (tertiary/aromatic N) is 2. The summed E-state index contributed by atoms with van der Waals surface area (Å²) in [4.78, 5) is 15.8. The number of aryl methyl sites for hydroxylation is 1. The van der Waals surface area contributed by atoms with Crippen molar-refractivity contribution >= 4 is 5.91 Å². The van der Waals surface area contributed by atoms with Gasteiger partial charge in [-0.15, -0.1) is 0 Å². The number of carbonyl (C=O) groups is 1. The lowest BCUT2D eigenvalue weighted by Crippen LogP contribution is -2.31. The molecule has 1 amide bonds. The number of benzene rings is 1. The third-order valence-corrected chi connectivity index (χ3v) is 2.96. The van der Waals surface area contributed by atoms with E-state index in [4.69, 9.17) is 0 Å². The summed E-state index contributed by atoms with van der Waals surface area (Å²) in [7, 11) is 1.81. The number of imidazole rings is 1. The molecular formula is C14H16FN3O. The van der Waals surface area contributed by atoms with Crippen molar-refractivity contribution in [2.75, 3.05) is 0 Å². The smallest absolute Gasteiger partial charge is 0.220 e. The van der Waals surface area contributed by atoms with Gasteiger partial charge in [0.25, 0.3) is 0 Å². The quantitative estimate of drug-likeness (QED) is 0.917. The minimum atomic E-state index is -0.575. The average Bonchev–Trinajstić information content (AvgIpc) is 2.83. The lowest BCUT2D eigenvalue weighted by Gasteiger charge is -2.19. The molecule has 0 unspecified atom stereocenters. The number of amides is 1. The molecule has 1 atom stereocenters. The predicted molar refractivity (Wildman–Crippen MR) is 69.9 cm³/mol. The van der Waals surface area contributed by atoms with Gasteiger partial charge in [-0.05, 0) is 6.07 Å². The van der Waals surface area contributed by atoms with Crippen LogP contribution in [-0.2, 0) is 11.8 Å². The van der Waals surface area contributed by atoms with E-state index in [9.17, 15) is 9.18 Å². The standard InChI is InChI=1S/C14H16FN3O/c1-3-12(19)17-13(14-16-8-9-18(14)2)10-6-4-5-7-11(10)15/h4-9,13H,3H2,1-2H3,(H,17,19)/t13-/m0/s1. The molecular weight excluding hydrogens is 245 g/mol. The maximum Gasteiger partial charge on any atom is 0.220 e. The molecule has 0 aliphatic rings. The molecule has 0 spiro atoms. The lowest BCUT2D eigenvalue weighted by atomic mass is 10.1. The SMILES string of the molecule is CCC(=O)N[C@@H](c1ccccc1F)c1nccn1C. The first-order chi connectivity index (χ1) is 9.13. The predicted octanol–water partition coefficient (Wildman–Crippen LogP) is 2.17. The molecule has 2 aromatic rings. The monoisotopic (exact) mass is 261 g/mol. The number of carbonyl (C=O) groups excluding carboxylic acids is 1. The average molecular weight is 261 g/mol. The molecule has 0 aliphatic heterocycles. The first-order valence-corrected chi connectivity index (χ1v) is 6.14. The van der Waals surface area contributed by atoms with Crippen molar-refractivity contribution in [3.05, 3.63) is 53.9 Å². The fraction of sp³-hybridized carbons (Fsp3) is 0.286. The van der Waals surface area contributed by atoms with Gasteiger partial charge in [0.15, 0.2) is 0 Å². The van der Waals surface area contributed by atoms with Gasteiger partial charge < -0.3 is 9.88 Å². The van der Waals surface area contributed by atoms with Crippen LogP contribution in [0.2, 0.25) is 0 Å². The second-order valence-electron chi connectivity index (χ2n) is 4.27. The molecule has 0 fully saturated rings. The molecule has 1 heterocycles. The van der Waals surface area contributed by atoms with E-state index in [1.165, 1.54) is 6.07 Å². The third kappa shape index (κ3) is 2.81. The van der Waals surface area contributed by atoms with Crippen molar-refractivity contribution in [3.8, 4) is 0 Å². The molecule has 100 valence electrons. The molecule has 0 saturated heterocycles. The summed E-state index contributed by atoms with van der Waals surface area (Å²) in [5.41, 5.74) is 0.415. The molecule has 2 rings (SSSR count). The fourth-order valence-corrected chi connectivity index (χ4v) is 1.91. The van der Waals surface area contributed by atoms with E-state index in [0.29, 0.717) is 17.8 Å². The van der Waals surface area contributed by atoms with Crippen LogP contribution in [0.3, 0.4) is 0 Å². The van der Waals surface area contributed by atoms with Gasteiger partial charge >= 0.3 is 0 Å². The van der Waals surface area contributed by atoms with Crippen LogP contribution in [0.25, 0.3) is 0 Å². The minimum Gasteiger partial charge on any atom is -0.342 e. The van der Waals surface area contributed by atoms with Gasteiger partial charge in [0.05, 0.1) is 0 Å². The van der Waals surface area contributed by atoms with Gasteiger partial charge in [0.1, 0.15) is 17.7 Å². The van der Waals surface area contributed by atoms with Crippen molar-refractivity contribution in [1.29, 1.82) is 0 Å². The van der Waals surface area contributed by atoms with Crippen molar-refractivity contribution in [3.63, 3.8) is 0 Å². The molecule has 1 N–H and O–H groups in total. The van der Waals surface area contributed by atoms with E-state index in [1.807, 2.05) is 7.05 Å². The molecule has 0 saturated carbocycles. The highest BCUT2D eigenvalue weighted by atomic mass is 19.1. The summed E-state index contributed by atoms with van der Waals surface area (Å²) in [6.45, 7) is 1.76. The summed E-state index contributed by atoms with van der Waals surface area (Å²) in [6, 6.07) is 5.82. The highest BCUT2D eigenvalue weighted by Gasteiger charge is 2.22. The molecule has 0 aliphatic carbocycles. The number of halogens is 1. The molecule has 19 heavy (non-hydrogen) atoms. The Labute approximate surface area is 111 Å². The van der Waals surface area contributed by atoms with Crippen LogP contribution in [0.1, 0.15) is 30.8 Å². The van der Waals surface area contributed by atoms with Crippen LogP contribution in [-0.4, -0.2) is 15.5 Å². The van der Waals surface area contributed by atoms with Crippen LogP contribution in [0.4, 0.5) is 4.39 Å². The third-order valence-electron chi connectivity index (χ3n) is 2.96. The van der Waals surface area contributed by atoms with Crippen LogP contribution in [0, 0.1) is 5.82 Å². The number of hydrogen-bond acceptors (Lipinski definition) is 2. The number of nitrogens with one attached hydrogen (secondary N) is 1. The zero-order chi connectivity index (χ0) is 13.8. The Kier molecular flexibility index (Phi) is 3.94. The Hall–Kier alpha value is -2.17. The molecule has 0 radical (unpaired) electrons. The summed E-state index contributed by atoms with van der Waals surface area (Å²) < 4.78 is 15.7. The van der Waals surface area contributed by atoms with Gasteiger partial charge in [-0.3, -0.25) is 4.79 Å². The van der Waals surface area contributed by atoms with Gasteiger partial charge in [0, 0.05) is 31.4 Å². The molecule has 1 aromatic heterocycles. The second kappa shape index (κ2) is 5.65. The van der Waals surface area contributed by atoms with Gasteiger partial charge in [-0.1, -0.05) is 25.1 Å². The van der Waals surface area contributed by atoms with Crippen LogP contribution in [0.15, 0.2) is 36.7 Å². The van der Waals surface area contributed by atoms with Gasteiger partial charge in [-0.25, -0.2) is 9.37 Å². The van der Waals surface area contributed by atoms with Crippen LogP contribution in [0.5, 0.6) is 0 Å². The Morgan fingerprint density at radius 1 is 1.47 bits per heavy atom. The molecule has 4 nitrogen and oxygen atoms in total. The summed E-state index contributed by atoms with van der Waals surface area (Å²) in [5.74, 6) is 0.107. The van der Waals surface area contributed by atoms with Crippen molar-refractivity contribution in [2.24, 2.45) is 7.05 Å². The first-order valence-electron chi connectivity index (χ1n) is 6.14. The van der Waals surface area contributed by atoms with E-state index in [0.717, 1.165) is 0 Å². The van der Waals surface area contributed by atoms with Crippen LogP contribution < -0.4 is 5.32 Å². The molecule has 0 bridgehead atoms. The van der Waals surface area contributed by atoms with E-state index in [1.54, 1.807) is 42.1 Å². The van der Waals surface area contributed by atoms with E-state index in [2.05, 4.69) is 10.3 Å². The first kappa shape index (κ1) is 13.3. The summed E-state index contributed by atoms with van der Waals surface area (Å²) in [5, 5.41) is 2.80. The van der Waals surface area contributed by atoms with Crippen molar-refractivity contribution in [2.45, 2.75) is 19.4 Å². The Morgan fingerprint density at radius 2 is 2.21 bits per heavy atom. The number of hydrogen-bond donors (Lipinski definition) is 1. The zero-order valence-electron chi connectivity index (χ0n) is 10.9. The minimum absolute atomic E-state index is 0.142. The normalized spacial score (nSPS) is 12.2.